The van der Waals surface area contributed by atoms with Crippen LogP contribution in [-0.4, -0.2) is 29.3 Å². The van der Waals surface area contributed by atoms with Gasteiger partial charge in [-0.2, -0.15) is 0 Å². The van der Waals surface area contributed by atoms with Gasteiger partial charge >= 0.3 is 7.12 Å². The van der Waals surface area contributed by atoms with Gasteiger partial charge < -0.3 is 14.8 Å². The minimum atomic E-state index is -1.56. The number of nitrogens with zero attached hydrogens (tertiary/aromatic N) is 1. The van der Waals surface area contributed by atoms with Crippen molar-refractivity contribution in [2.75, 3.05) is 7.11 Å². The van der Waals surface area contributed by atoms with Crippen LogP contribution in [0.4, 0.5) is 0 Å². The van der Waals surface area contributed by atoms with Gasteiger partial charge in [0.2, 0.25) is 0 Å². The number of methoxy groups -OCH3 is 1. The Bertz CT molecular complexity index is 281. The molecule has 12 heavy (non-hydrogen) atoms. The number of hydrogen-bond acceptors (Lipinski definition) is 4. The van der Waals surface area contributed by atoms with Gasteiger partial charge in [-0.3, -0.25) is 4.98 Å². The van der Waals surface area contributed by atoms with Crippen LogP contribution >= 0.6 is 15.9 Å². The van der Waals surface area contributed by atoms with E-state index in [1.54, 1.807) is 0 Å². The molecule has 1 aromatic rings. The van der Waals surface area contributed by atoms with Crippen LogP contribution in [0.1, 0.15) is 0 Å². The molecule has 0 saturated carbocycles. The molecule has 64 valence electrons. The Morgan fingerprint density at radius 2 is 2.17 bits per heavy atom. The summed E-state index contributed by atoms with van der Waals surface area (Å²) in [6, 6.07) is 0. The molecule has 0 aliphatic carbocycles. The predicted octanol–water partition coefficient (Wildman–Crippen LogP) is -0.468. The molecule has 1 heterocycles. The van der Waals surface area contributed by atoms with Gasteiger partial charge in [-0.05, 0) is 15.9 Å². The molecule has 0 fully saturated rings. The van der Waals surface area contributed by atoms with Crippen molar-refractivity contribution >= 4 is 28.5 Å². The lowest BCUT2D eigenvalue weighted by atomic mass is 9.81. The Morgan fingerprint density at radius 3 is 2.58 bits per heavy atom. The Hall–Kier alpha value is -0.585. The fraction of sp³-hybridized carbons (Fsp3) is 0.167. The van der Waals surface area contributed by atoms with E-state index < -0.39 is 7.12 Å². The molecule has 0 amide bonds. The van der Waals surface area contributed by atoms with Gasteiger partial charge in [-0.1, -0.05) is 0 Å². The number of aromatic nitrogens is 1. The second-order valence-electron chi connectivity index (χ2n) is 2.12. The molecule has 0 unspecified atom stereocenters. The van der Waals surface area contributed by atoms with E-state index in [9.17, 15) is 0 Å². The van der Waals surface area contributed by atoms with E-state index in [1.807, 2.05) is 0 Å². The average molecular weight is 232 g/mol. The van der Waals surface area contributed by atoms with Crippen LogP contribution in [-0.2, 0) is 0 Å². The van der Waals surface area contributed by atoms with Crippen molar-refractivity contribution in [2.45, 2.75) is 0 Å². The molecule has 0 aliphatic heterocycles. The van der Waals surface area contributed by atoms with Crippen molar-refractivity contribution in [3.8, 4) is 5.75 Å². The molecule has 1 aromatic heterocycles. The zero-order valence-electron chi connectivity index (χ0n) is 6.36. The monoisotopic (exact) mass is 231 g/mol. The first-order chi connectivity index (χ1) is 5.66. The molecular weight excluding hydrogens is 225 g/mol. The van der Waals surface area contributed by atoms with E-state index in [2.05, 4.69) is 20.9 Å². The third-order valence-electron chi connectivity index (χ3n) is 1.36. The van der Waals surface area contributed by atoms with Crippen LogP contribution in [0.15, 0.2) is 16.9 Å². The topological polar surface area (TPSA) is 62.6 Å². The fourth-order valence-electron chi connectivity index (χ4n) is 0.837. The number of pyridine rings is 1. The molecule has 0 spiro atoms. The summed E-state index contributed by atoms with van der Waals surface area (Å²) in [5.41, 5.74) is 0.242. The third kappa shape index (κ3) is 1.77. The summed E-state index contributed by atoms with van der Waals surface area (Å²) in [4.78, 5) is 3.77. The van der Waals surface area contributed by atoms with Crippen LogP contribution < -0.4 is 10.2 Å². The van der Waals surface area contributed by atoms with E-state index in [1.165, 1.54) is 19.5 Å². The first-order valence-corrected chi connectivity index (χ1v) is 3.99. The molecule has 0 saturated heterocycles. The molecular formula is C6H7BBrNO3. The highest BCUT2D eigenvalue weighted by Gasteiger charge is 2.18. The zero-order valence-corrected chi connectivity index (χ0v) is 7.95. The van der Waals surface area contributed by atoms with Crippen LogP contribution in [0, 0.1) is 0 Å². The van der Waals surface area contributed by atoms with Crippen LogP contribution in [0.3, 0.4) is 0 Å². The molecule has 0 radical (unpaired) electrons. The smallest absolute Gasteiger partial charge is 0.493 e. The maximum absolute atomic E-state index is 8.87. The minimum absolute atomic E-state index is 0.242. The van der Waals surface area contributed by atoms with Gasteiger partial charge in [0.25, 0.3) is 0 Å². The molecule has 6 heteroatoms. The normalized spacial score (nSPS) is 9.67. The van der Waals surface area contributed by atoms with Crippen molar-refractivity contribution in [1.82, 2.24) is 4.98 Å². The number of rotatable bonds is 2. The van der Waals surface area contributed by atoms with Crippen molar-refractivity contribution in [3.63, 3.8) is 0 Å². The summed E-state index contributed by atoms with van der Waals surface area (Å²) in [6.45, 7) is 0. The van der Waals surface area contributed by atoms with Gasteiger partial charge in [0, 0.05) is 17.9 Å². The minimum Gasteiger partial charge on any atom is -0.496 e. The quantitative estimate of drug-likeness (QED) is 0.676. The van der Waals surface area contributed by atoms with Crippen molar-refractivity contribution in [2.24, 2.45) is 0 Å². The second kappa shape index (κ2) is 3.89. The fourth-order valence-corrected chi connectivity index (χ4v) is 1.35. The number of hydrogen-bond donors (Lipinski definition) is 2. The standard InChI is InChI=1S/C6H7BBrNO3/c1-12-6-4(7(10)11)2-9-3-5(6)8/h2-3,10-11H,1H3. The molecule has 0 aromatic carbocycles. The van der Waals surface area contributed by atoms with Crippen LogP contribution in [0.25, 0.3) is 0 Å². The summed E-state index contributed by atoms with van der Waals surface area (Å²) < 4.78 is 5.52. The van der Waals surface area contributed by atoms with Crippen LogP contribution in [0.2, 0.25) is 0 Å². The highest BCUT2D eigenvalue weighted by Crippen LogP contribution is 2.20. The lowest BCUT2D eigenvalue weighted by molar-refractivity contribution is 0.401. The predicted molar refractivity (Wildman–Crippen MR) is 48.3 cm³/mol. The molecule has 4 nitrogen and oxygen atoms in total. The van der Waals surface area contributed by atoms with E-state index in [0.29, 0.717) is 10.2 Å². The number of halogens is 1. The van der Waals surface area contributed by atoms with Gasteiger partial charge in [0.05, 0.1) is 11.6 Å². The second-order valence-corrected chi connectivity index (χ2v) is 2.97. The maximum atomic E-state index is 8.87. The summed E-state index contributed by atoms with van der Waals surface area (Å²) in [6.07, 6.45) is 2.86. The van der Waals surface area contributed by atoms with Gasteiger partial charge in [0.15, 0.2) is 0 Å². The average Bonchev–Trinajstić information content (AvgIpc) is 2.03. The molecule has 1 rings (SSSR count). The lowest BCUT2D eigenvalue weighted by Gasteiger charge is -2.07. The largest absolute Gasteiger partial charge is 0.496 e. The summed E-state index contributed by atoms with van der Waals surface area (Å²) in [7, 11) is -0.114. The summed E-state index contributed by atoms with van der Waals surface area (Å²) in [5, 5.41) is 17.7. The maximum Gasteiger partial charge on any atom is 0.493 e. The summed E-state index contributed by atoms with van der Waals surface area (Å²) in [5.74, 6) is 0.389. The zero-order chi connectivity index (χ0) is 9.14. The molecule has 2 N–H and O–H groups in total. The highest BCUT2D eigenvalue weighted by molar-refractivity contribution is 9.10. The van der Waals surface area contributed by atoms with Gasteiger partial charge in [-0.25, -0.2) is 0 Å². The lowest BCUT2D eigenvalue weighted by Crippen LogP contribution is -2.31. The van der Waals surface area contributed by atoms with E-state index in [0.717, 1.165) is 0 Å². The summed E-state index contributed by atoms with van der Waals surface area (Å²) >= 11 is 3.17. The Balaban J connectivity index is 3.18. The van der Waals surface area contributed by atoms with Crippen molar-refractivity contribution in [3.05, 3.63) is 16.9 Å². The van der Waals surface area contributed by atoms with Gasteiger partial charge in [0.1, 0.15) is 5.75 Å². The van der Waals surface area contributed by atoms with Crippen LogP contribution in [0.5, 0.6) is 5.75 Å². The van der Waals surface area contributed by atoms with E-state index >= 15 is 0 Å². The van der Waals surface area contributed by atoms with E-state index in [-0.39, 0.29) is 5.46 Å². The van der Waals surface area contributed by atoms with Crippen molar-refractivity contribution in [1.29, 1.82) is 0 Å². The molecule has 0 aliphatic rings. The first kappa shape index (κ1) is 9.50. The van der Waals surface area contributed by atoms with Gasteiger partial charge in [-0.15, -0.1) is 0 Å². The highest BCUT2D eigenvalue weighted by atomic mass is 79.9. The molecule has 0 atom stereocenters. The Kier molecular flexibility index (Phi) is 3.08. The number of ether oxygens (including phenoxy) is 1. The first-order valence-electron chi connectivity index (χ1n) is 3.20. The Morgan fingerprint density at radius 1 is 1.50 bits per heavy atom. The SMILES string of the molecule is COc1c(Br)cncc1B(O)O. The van der Waals surface area contributed by atoms with E-state index in [4.69, 9.17) is 14.8 Å². The Labute approximate surface area is 78.5 Å². The third-order valence-corrected chi connectivity index (χ3v) is 1.93. The molecule has 0 bridgehead atoms. The van der Waals surface area contributed by atoms with Crippen molar-refractivity contribution < 1.29 is 14.8 Å².